The molecule has 0 amide bonds. The van der Waals surface area contributed by atoms with E-state index in [0.29, 0.717) is 12.5 Å². The van der Waals surface area contributed by atoms with Crippen LogP contribution in [0, 0.1) is 11.3 Å². The first-order valence-corrected chi connectivity index (χ1v) is 6.70. The fourth-order valence-electron chi connectivity index (χ4n) is 1.96. The molecule has 0 bridgehead atoms. The van der Waals surface area contributed by atoms with Crippen molar-refractivity contribution in [3.8, 4) is 0 Å². The van der Waals surface area contributed by atoms with Gasteiger partial charge in [-0.25, -0.2) is 0 Å². The third kappa shape index (κ3) is 6.50. The van der Waals surface area contributed by atoms with Crippen LogP contribution in [0.1, 0.15) is 52.9 Å². The van der Waals surface area contributed by atoms with Gasteiger partial charge < -0.3 is 10.2 Å². The van der Waals surface area contributed by atoms with Crippen LogP contribution in [0.2, 0.25) is 0 Å². The summed E-state index contributed by atoms with van der Waals surface area (Å²) in [5.74, 6) is 0.654. The molecule has 3 heteroatoms. The summed E-state index contributed by atoms with van der Waals surface area (Å²) in [5.41, 5.74) is 0.0794. The Morgan fingerprint density at radius 3 is 2.33 bits per heavy atom. The van der Waals surface area contributed by atoms with E-state index in [0.717, 1.165) is 6.54 Å². The van der Waals surface area contributed by atoms with Gasteiger partial charge in [0.1, 0.15) is 0 Å². The van der Waals surface area contributed by atoms with Gasteiger partial charge in [0.05, 0.1) is 0 Å². The normalized spacial score (nSPS) is 14.2. The van der Waals surface area contributed by atoms with Gasteiger partial charge in [-0.1, -0.05) is 43.0 Å². The molecule has 0 heterocycles. The second-order valence-electron chi connectivity index (χ2n) is 5.08. The molecular weight excluding hydrogens is 205 g/mol. The molecule has 0 aliphatic rings. The quantitative estimate of drug-likeness (QED) is 0.474. The number of nitrogens with one attached hydrogen (secondary N) is 1. The number of rotatable bonds is 9. The van der Waals surface area contributed by atoms with E-state index in [-0.39, 0.29) is 5.41 Å². The molecule has 2 atom stereocenters. The van der Waals surface area contributed by atoms with Gasteiger partial charge in [0.2, 0.25) is 0 Å². The Balaban J connectivity index is 4.05. The fourth-order valence-corrected chi connectivity index (χ4v) is 2.16. The van der Waals surface area contributed by atoms with Crippen LogP contribution in [0.5, 0.6) is 0 Å². The van der Waals surface area contributed by atoms with Gasteiger partial charge in [-0.2, -0.15) is 0 Å². The Morgan fingerprint density at radius 1 is 1.27 bits per heavy atom. The number of hydrogen-bond donors (Lipinski definition) is 2. The highest BCUT2D eigenvalue weighted by molar-refractivity contribution is 7.13. The van der Waals surface area contributed by atoms with Gasteiger partial charge >= 0.3 is 0 Å². The summed E-state index contributed by atoms with van der Waals surface area (Å²) in [6.07, 6.45) is 6.19. The standard InChI is InChI=1S/C12H28NOP/c1-4-5-7-11(8-6-9-13-15)12(2,3)10-14/h11,13-14H,4-10,15H2,1-3H3. The molecule has 0 saturated heterocycles. The highest BCUT2D eigenvalue weighted by Crippen LogP contribution is 2.33. The Morgan fingerprint density at radius 2 is 1.87 bits per heavy atom. The van der Waals surface area contributed by atoms with Crippen molar-refractivity contribution in [3.63, 3.8) is 0 Å². The molecule has 0 radical (unpaired) electrons. The van der Waals surface area contributed by atoms with Gasteiger partial charge in [0.15, 0.2) is 0 Å². The highest BCUT2D eigenvalue weighted by atomic mass is 31.0. The lowest BCUT2D eigenvalue weighted by Crippen LogP contribution is -2.28. The minimum Gasteiger partial charge on any atom is -0.396 e. The minimum atomic E-state index is 0.0794. The molecule has 0 spiro atoms. The predicted molar refractivity (Wildman–Crippen MR) is 70.8 cm³/mol. The van der Waals surface area contributed by atoms with Crippen LogP contribution < -0.4 is 5.09 Å². The zero-order valence-corrected chi connectivity index (χ0v) is 11.7. The lowest BCUT2D eigenvalue weighted by molar-refractivity contribution is 0.0831. The van der Waals surface area contributed by atoms with Crippen molar-refractivity contribution in [2.45, 2.75) is 52.9 Å². The van der Waals surface area contributed by atoms with Crippen molar-refractivity contribution in [1.29, 1.82) is 0 Å². The van der Waals surface area contributed by atoms with Crippen LogP contribution in [0.3, 0.4) is 0 Å². The molecule has 15 heavy (non-hydrogen) atoms. The summed E-state index contributed by atoms with van der Waals surface area (Å²) in [6.45, 7) is 7.95. The average molecular weight is 233 g/mol. The van der Waals surface area contributed by atoms with Crippen LogP contribution in [0.25, 0.3) is 0 Å². The third-order valence-corrected chi connectivity index (χ3v) is 3.58. The van der Waals surface area contributed by atoms with Gasteiger partial charge in [-0.15, -0.1) is 0 Å². The molecule has 0 aromatic carbocycles. The van der Waals surface area contributed by atoms with Crippen molar-refractivity contribution in [3.05, 3.63) is 0 Å². The van der Waals surface area contributed by atoms with E-state index >= 15 is 0 Å². The first kappa shape index (κ1) is 15.3. The number of unbranched alkanes of at least 4 members (excludes halogenated alkanes) is 1. The molecule has 0 fully saturated rings. The summed E-state index contributed by atoms with van der Waals surface area (Å²) < 4.78 is 0. The first-order chi connectivity index (χ1) is 7.08. The molecule has 2 N–H and O–H groups in total. The van der Waals surface area contributed by atoms with Crippen molar-refractivity contribution >= 4 is 9.39 Å². The lowest BCUT2D eigenvalue weighted by Gasteiger charge is -2.33. The van der Waals surface area contributed by atoms with Crippen molar-refractivity contribution in [2.24, 2.45) is 11.3 Å². The van der Waals surface area contributed by atoms with Gasteiger partial charge in [-0.05, 0) is 37.1 Å². The Labute approximate surface area is 97.5 Å². The van der Waals surface area contributed by atoms with E-state index in [4.69, 9.17) is 0 Å². The van der Waals surface area contributed by atoms with Crippen molar-refractivity contribution < 1.29 is 5.11 Å². The molecule has 0 aromatic rings. The molecule has 92 valence electrons. The fraction of sp³-hybridized carbons (Fsp3) is 1.00. The summed E-state index contributed by atoms with van der Waals surface area (Å²) in [6, 6.07) is 0. The lowest BCUT2D eigenvalue weighted by atomic mass is 9.74. The zero-order valence-electron chi connectivity index (χ0n) is 10.6. The topological polar surface area (TPSA) is 32.3 Å². The highest BCUT2D eigenvalue weighted by Gasteiger charge is 2.27. The molecule has 0 aliphatic heterocycles. The van der Waals surface area contributed by atoms with E-state index in [1.165, 1.54) is 32.1 Å². The van der Waals surface area contributed by atoms with Gasteiger partial charge in [0.25, 0.3) is 0 Å². The molecule has 0 aromatic heterocycles. The second kappa shape index (κ2) is 8.50. The minimum absolute atomic E-state index is 0.0794. The smallest absolute Gasteiger partial charge is 0.0484 e. The first-order valence-electron chi connectivity index (χ1n) is 6.12. The molecule has 0 aliphatic carbocycles. The molecule has 2 unspecified atom stereocenters. The van der Waals surface area contributed by atoms with Crippen LogP contribution in [-0.2, 0) is 0 Å². The molecular formula is C12H28NOP. The van der Waals surface area contributed by atoms with E-state index in [1.54, 1.807) is 0 Å². The largest absolute Gasteiger partial charge is 0.396 e. The van der Waals surface area contributed by atoms with E-state index in [2.05, 4.69) is 35.2 Å². The van der Waals surface area contributed by atoms with Crippen LogP contribution in [0.4, 0.5) is 0 Å². The SMILES string of the molecule is CCCCC(CCCNP)C(C)(C)CO. The monoisotopic (exact) mass is 233 g/mol. The predicted octanol–water partition coefficient (Wildman–Crippen LogP) is 2.97. The van der Waals surface area contributed by atoms with Crippen LogP contribution in [0.15, 0.2) is 0 Å². The number of aliphatic hydroxyl groups is 1. The van der Waals surface area contributed by atoms with Crippen LogP contribution >= 0.6 is 9.39 Å². The number of aliphatic hydroxyl groups excluding tert-OH is 1. The maximum absolute atomic E-state index is 9.40. The Hall–Kier alpha value is 0.350. The maximum Gasteiger partial charge on any atom is 0.0484 e. The molecule has 0 rings (SSSR count). The average Bonchev–Trinajstić information content (AvgIpc) is 2.23. The second-order valence-corrected chi connectivity index (χ2v) is 5.49. The summed E-state index contributed by atoms with van der Waals surface area (Å²) in [4.78, 5) is 0. The van der Waals surface area contributed by atoms with Crippen molar-refractivity contribution in [2.75, 3.05) is 13.2 Å². The Kier molecular flexibility index (Phi) is 8.69. The Bertz CT molecular complexity index is 151. The van der Waals surface area contributed by atoms with Crippen molar-refractivity contribution in [1.82, 2.24) is 5.09 Å². The summed E-state index contributed by atoms with van der Waals surface area (Å²) in [7, 11) is 2.54. The van der Waals surface area contributed by atoms with Gasteiger partial charge in [-0.3, -0.25) is 0 Å². The zero-order chi connectivity index (χ0) is 11.7. The van der Waals surface area contributed by atoms with E-state index in [9.17, 15) is 5.11 Å². The summed E-state index contributed by atoms with van der Waals surface area (Å²) in [5, 5.41) is 12.5. The molecule has 0 saturated carbocycles. The van der Waals surface area contributed by atoms with Gasteiger partial charge in [0, 0.05) is 6.61 Å². The maximum atomic E-state index is 9.40. The van der Waals surface area contributed by atoms with E-state index in [1.807, 2.05) is 0 Å². The van der Waals surface area contributed by atoms with Crippen LogP contribution in [-0.4, -0.2) is 18.3 Å². The molecule has 2 nitrogen and oxygen atoms in total. The number of hydrogen-bond acceptors (Lipinski definition) is 2. The summed E-state index contributed by atoms with van der Waals surface area (Å²) >= 11 is 0. The van der Waals surface area contributed by atoms with E-state index < -0.39 is 0 Å². The third-order valence-electron chi connectivity index (χ3n) is 3.29.